The van der Waals surface area contributed by atoms with Crippen LogP contribution in [0.4, 0.5) is 0 Å². The second kappa shape index (κ2) is 3.98. The van der Waals surface area contributed by atoms with Gasteiger partial charge in [-0.2, -0.15) is 4.98 Å². The number of hydrogen-bond donors (Lipinski definition) is 0. The number of aromatic nitrogens is 3. The highest BCUT2D eigenvalue weighted by molar-refractivity contribution is 5.55. The smallest absolute Gasteiger partial charge is 0.361 e. The Morgan fingerprint density at radius 1 is 1.26 bits per heavy atom. The van der Waals surface area contributed by atoms with E-state index in [1.54, 1.807) is 20.0 Å². The molecule has 3 aromatic heterocycles. The number of rotatable bonds is 2. The minimum atomic E-state index is -0.425. The molecule has 0 radical (unpaired) electrons. The lowest BCUT2D eigenvalue weighted by molar-refractivity contribution is 0.285. The van der Waals surface area contributed by atoms with Gasteiger partial charge in [0.25, 0.3) is 5.89 Å². The molecule has 0 bridgehead atoms. The Balaban J connectivity index is 2.08. The molecule has 7 nitrogen and oxygen atoms in total. The SMILES string of the molecule is Cc1ccc(-c2noc(-c3c(C)c(=O)on3C)n2)o1. The molecule has 3 heterocycles. The zero-order valence-corrected chi connectivity index (χ0v) is 10.6. The minimum absolute atomic E-state index is 0.218. The number of nitrogens with zero attached hydrogens (tertiary/aromatic N) is 3. The fourth-order valence-electron chi connectivity index (χ4n) is 1.84. The van der Waals surface area contributed by atoms with Crippen molar-refractivity contribution in [2.75, 3.05) is 0 Å². The number of aryl methyl sites for hydroxylation is 2. The summed E-state index contributed by atoms with van der Waals surface area (Å²) in [6.07, 6.45) is 0. The van der Waals surface area contributed by atoms with E-state index >= 15 is 0 Å². The van der Waals surface area contributed by atoms with E-state index in [9.17, 15) is 4.79 Å². The minimum Gasteiger partial charge on any atom is -0.458 e. The predicted molar refractivity (Wildman–Crippen MR) is 64.4 cm³/mol. The van der Waals surface area contributed by atoms with E-state index < -0.39 is 5.63 Å². The highest BCUT2D eigenvalue weighted by Crippen LogP contribution is 2.24. The molecule has 19 heavy (non-hydrogen) atoms. The first-order chi connectivity index (χ1) is 9.06. The molecule has 3 aromatic rings. The normalized spacial score (nSPS) is 11.1. The first-order valence-electron chi connectivity index (χ1n) is 5.64. The lowest BCUT2D eigenvalue weighted by Crippen LogP contribution is -1.95. The Bertz CT molecular complexity index is 790. The van der Waals surface area contributed by atoms with Gasteiger partial charge in [0.2, 0.25) is 5.82 Å². The van der Waals surface area contributed by atoms with Crippen molar-refractivity contribution in [1.82, 2.24) is 14.9 Å². The summed E-state index contributed by atoms with van der Waals surface area (Å²) in [4.78, 5) is 15.6. The van der Waals surface area contributed by atoms with Gasteiger partial charge in [-0.3, -0.25) is 0 Å². The third-order valence-electron chi connectivity index (χ3n) is 2.79. The van der Waals surface area contributed by atoms with Crippen molar-refractivity contribution in [1.29, 1.82) is 0 Å². The van der Waals surface area contributed by atoms with Gasteiger partial charge in [-0.05, 0) is 26.0 Å². The summed E-state index contributed by atoms with van der Waals surface area (Å²) in [7, 11) is 1.60. The average Bonchev–Trinajstić information content (AvgIpc) is 3.02. The third kappa shape index (κ3) is 1.79. The summed E-state index contributed by atoms with van der Waals surface area (Å²) in [6.45, 7) is 3.47. The van der Waals surface area contributed by atoms with Crippen molar-refractivity contribution < 1.29 is 13.5 Å². The average molecular weight is 261 g/mol. The molecule has 0 saturated carbocycles. The number of furan rings is 1. The van der Waals surface area contributed by atoms with Crippen LogP contribution in [0.1, 0.15) is 11.3 Å². The van der Waals surface area contributed by atoms with E-state index in [1.807, 2.05) is 13.0 Å². The maximum absolute atomic E-state index is 11.4. The lowest BCUT2D eigenvalue weighted by Gasteiger charge is -1.93. The first kappa shape index (κ1) is 11.5. The van der Waals surface area contributed by atoms with Gasteiger partial charge in [0.15, 0.2) is 5.76 Å². The summed E-state index contributed by atoms with van der Waals surface area (Å²) < 4.78 is 16.8. The Labute approximate surface area is 107 Å². The van der Waals surface area contributed by atoms with Gasteiger partial charge in [0.05, 0.1) is 5.56 Å². The van der Waals surface area contributed by atoms with Crippen molar-refractivity contribution in [3.05, 3.63) is 33.9 Å². The van der Waals surface area contributed by atoms with Crippen molar-refractivity contribution in [3.8, 4) is 23.2 Å². The topological polar surface area (TPSA) is 87.2 Å². The molecular weight excluding hydrogens is 250 g/mol. The fraction of sp³-hybridized carbons (Fsp3) is 0.250. The zero-order valence-electron chi connectivity index (χ0n) is 10.6. The van der Waals surface area contributed by atoms with E-state index in [0.717, 1.165) is 5.76 Å². The van der Waals surface area contributed by atoms with E-state index in [2.05, 4.69) is 10.1 Å². The van der Waals surface area contributed by atoms with Crippen molar-refractivity contribution in [2.45, 2.75) is 13.8 Å². The molecule has 0 aliphatic heterocycles. The molecule has 0 aliphatic carbocycles. The monoisotopic (exact) mass is 261 g/mol. The first-order valence-corrected chi connectivity index (χ1v) is 5.64. The molecule has 0 spiro atoms. The molecular formula is C12H11N3O4. The van der Waals surface area contributed by atoms with E-state index in [4.69, 9.17) is 13.5 Å². The van der Waals surface area contributed by atoms with Crippen LogP contribution in [-0.4, -0.2) is 14.9 Å². The maximum Gasteiger partial charge on any atom is 0.361 e. The van der Waals surface area contributed by atoms with Crippen LogP contribution < -0.4 is 5.63 Å². The Morgan fingerprint density at radius 3 is 2.63 bits per heavy atom. The highest BCUT2D eigenvalue weighted by atomic mass is 16.5. The van der Waals surface area contributed by atoms with Gasteiger partial charge in [-0.15, -0.1) is 0 Å². The molecule has 0 saturated heterocycles. The summed E-state index contributed by atoms with van der Waals surface area (Å²) >= 11 is 0. The summed E-state index contributed by atoms with van der Waals surface area (Å²) in [5.41, 5.74) is 0.464. The molecule has 3 rings (SSSR count). The van der Waals surface area contributed by atoms with Crippen LogP contribution in [-0.2, 0) is 7.05 Å². The molecule has 7 heteroatoms. The van der Waals surface area contributed by atoms with Gasteiger partial charge < -0.3 is 13.5 Å². The van der Waals surface area contributed by atoms with Crippen molar-refractivity contribution >= 4 is 0 Å². The summed E-state index contributed by atoms with van der Waals surface area (Å²) in [5, 5.41) is 3.83. The second-order valence-corrected chi connectivity index (χ2v) is 4.18. The van der Waals surface area contributed by atoms with Crippen molar-refractivity contribution in [2.24, 2.45) is 7.05 Å². The zero-order chi connectivity index (χ0) is 13.6. The van der Waals surface area contributed by atoms with Crippen LogP contribution in [0.5, 0.6) is 0 Å². The van der Waals surface area contributed by atoms with E-state index in [-0.39, 0.29) is 5.89 Å². The van der Waals surface area contributed by atoms with Crippen LogP contribution in [0, 0.1) is 13.8 Å². The Morgan fingerprint density at radius 2 is 2.05 bits per heavy atom. The molecule has 0 aliphatic rings. The van der Waals surface area contributed by atoms with Crippen molar-refractivity contribution in [3.63, 3.8) is 0 Å². The van der Waals surface area contributed by atoms with Gasteiger partial charge in [0, 0.05) is 7.05 Å². The third-order valence-corrected chi connectivity index (χ3v) is 2.79. The van der Waals surface area contributed by atoms with Crippen LogP contribution in [0.3, 0.4) is 0 Å². The Hall–Kier alpha value is -2.57. The van der Waals surface area contributed by atoms with Crippen LogP contribution >= 0.6 is 0 Å². The van der Waals surface area contributed by atoms with Crippen LogP contribution in [0.15, 0.2) is 30.4 Å². The molecule has 0 aromatic carbocycles. The van der Waals surface area contributed by atoms with Crippen LogP contribution in [0.2, 0.25) is 0 Å². The van der Waals surface area contributed by atoms with Crippen LogP contribution in [0.25, 0.3) is 23.2 Å². The van der Waals surface area contributed by atoms with Gasteiger partial charge >= 0.3 is 5.63 Å². The van der Waals surface area contributed by atoms with Gasteiger partial charge in [-0.1, -0.05) is 5.16 Å². The second-order valence-electron chi connectivity index (χ2n) is 4.18. The van der Waals surface area contributed by atoms with Gasteiger partial charge in [0.1, 0.15) is 11.5 Å². The molecule has 0 fully saturated rings. The number of hydrogen-bond acceptors (Lipinski definition) is 6. The van der Waals surface area contributed by atoms with Gasteiger partial charge in [-0.25, -0.2) is 9.53 Å². The molecule has 0 atom stereocenters. The quantitative estimate of drug-likeness (QED) is 0.700. The molecule has 0 unspecified atom stereocenters. The largest absolute Gasteiger partial charge is 0.458 e. The molecule has 0 N–H and O–H groups in total. The van der Waals surface area contributed by atoms with E-state index in [1.165, 1.54) is 4.74 Å². The standard InChI is InChI=1S/C12H11N3O4/c1-6-4-5-8(17-6)10-13-11(18-14-10)9-7(2)12(16)19-15(9)3/h4-5H,1-3H3. The summed E-state index contributed by atoms with van der Waals surface area (Å²) in [6, 6.07) is 3.56. The molecule has 98 valence electrons. The maximum atomic E-state index is 11.4. The lowest BCUT2D eigenvalue weighted by atomic mass is 10.3. The summed E-state index contributed by atoms with van der Waals surface area (Å²) in [5.74, 6) is 1.82. The fourth-order valence-corrected chi connectivity index (χ4v) is 1.84. The molecule has 0 amide bonds. The van der Waals surface area contributed by atoms with E-state index in [0.29, 0.717) is 22.8 Å². The predicted octanol–water partition coefficient (Wildman–Crippen LogP) is 1.91. The Kier molecular flexibility index (Phi) is 2.41. The highest BCUT2D eigenvalue weighted by Gasteiger charge is 2.20.